The van der Waals surface area contributed by atoms with Crippen LogP contribution >= 0.6 is 0 Å². The summed E-state index contributed by atoms with van der Waals surface area (Å²) >= 11 is 0. The first-order chi connectivity index (χ1) is 7.55. The standard InChI is InChI=1S/C12H18N2O2/c1-4-16-11(15)9-7-13-14(8-9)12(2,3)10-5-6-10/h7-8,10H,4-6H2,1-3H3. The van der Waals surface area contributed by atoms with Gasteiger partial charge in [-0.3, -0.25) is 4.68 Å². The molecule has 1 aliphatic rings. The van der Waals surface area contributed by atoms with Gasteiger partial charge in [0.25, 0.3) is 0 Å². The molecule has 0 amide bonds. The lowest BCUT2D eigenvalue weighted by atomic mass is 9.99. The average Bonchev–Trinajstić information content (AvgIpc) is 2.96. The molecule has 1 aromatic rings. The van der Waals surface area contributed by atoms with Crippen molar-refractivity contribution >= 4 is 5.97 Å². The first-order valence-corrected chi connectivity index (χ1v) is 5.78. The van der Waals surface area contributed by atoms with Gasteiger partial charge < -0.3 is 4.74 Å². The van der Waals surface area contributed by atoms with E-state index in [4.69, 9.17) is 4.74 Å². The average molecular weight is 222 g/mol. The minimum Gasteiger partial charge on any atom is -0.462 e. The quantitative estimate of drug-likeness (QED) is 0.733. The fraction of sp³-hybridized carbons (Fsp3) is 0.667. The van der Waals surface area contributed by atoms with Gasteiger partial charge in [-0.15, -0.1) is 0 Å². The van der Waals surface area contributed by atoms with E-state index in [0.29, 0.717) is 18.1 Å². The van der Waals surface area contributed by atoms with E-state index in [0.717, 1.165) is 0 Å². The number of ether oxygens (including phenoxy) is 1. The molecule has 0 unspecified atom stereocenters. The zero-order valence-corrected chi connectivity index (χ0v) is 10.1. The zero-order chi connectivity index (χ0) is 11.8. The van der Waals surface area contributed by atoms with E-state index in [9.17, 15) is 4.79 Å². The van der Waals surface area contributed by atoms with Crippen molar-refractivity contribution in [1.29, 1.82) is 0 Å². The number of esters is 1. The summed E-state index contributed by atoms with van der Waals surface area (Å²) in [5.74, 6) is 0.391. The summed E-state index contributed by atoms with van der Waals surface area (Å²) in [5, 5.41) is 4.27. The van der Waals surface area contributed by atoms with Gasteiger partial charge in [-0.1, -0.05) is 0 Å². The molecule has 0 atom stereocenters. The minimum atomic E-state index is -0.291. The normalized spacial score (nSPS) is 16.2. The Morgan fingerprint density at radius 2 is 2.31 bits per heavy atom. The van der Waals surface area contributed by atoms with Gasteiger partial charge in [0, 0.05) is 6.20 Å². The van der Waals surface area contributed by atoms with Gasteiger partial charge in [-0.2, -0.15) is 5.10 Å². The maximum atomic E-state index is 11.5. The molecule has 1 heterocycles. The third-order valence-electron chi connectivity index (χ3n) is 3.26. The molecule has 4 nitrogen and oxygen atoms in total. The number of carbonyl (C=O) groups excluding carboxylic acids is 1. The van der Waals surface area contributed by atoms with Gasteiger partial charge in [0.2, 0.25) is 0 Å². The van der Waals surface area contributed by atoms with Crippen LogP contribution in [0.15, 0.2) is 12.4 Å². The number of nitrogens with zero attached hydrogens (tertiary/aromatic N) is 2. The molecule has 88 valence electrons. The van der Waals surface area contributed by atoms with Crippen LogP contribution in [-0.4, -0.2) is 22.4 Å². The minimum absolute atomic E-state index is 0.00471. The first kappa shape index (κ1) is 11.2. The first-order valence-electron chi connectivity index (χ1n) is 5.78. The molecule has 0 saturated heterocycles. The van der Waals surface area contributed by atoms with Crippen molar-refractivity contribution in [3.05, 3.63) is 18.0 Å². The van der Waals surface area contributed by atoms with E-state index >= 15 is 0 Å². The Bertz CT molecular complexity index is 391. The largest absolute Gasteiger partial charge is 0.462 e. The number of rotatable bonds is 4. The van der Waals surface area contributed by atoms with Gasteiger partial charge in [-0.05, 0) is 39.5 Å². The predicted molar refractivity (Wildman–Crippen MR) is 60.2 cm³/mol. The van der Waals surface area contributed by atoms with Crippen molar-refractivity contribution in [2.24, 2.45) is 5.92 Å². The second-order valence-electron chi connectivity index (χ2n) is 4.82. The maximum absolute atomic E-state index is 11.5. The van der Waals surface area contributed by atoms with E-state index < -0.39 is 0 Å². The van der Waals surface area contributed by atoms with Gasteiger partial charge >= 0.3 is 5.97 Å². The Morgan fingerprint density at radius 1 is 1.62 bits per heavy atom. The van der Waals surface area contributed by atoms with E-state index in [1.807, 2.05) is 4.68 Å². The Morgan fingerprint density at radius 3 is 2.88 bits per heavy atom. The van der Waals surface area contributed by atoms with Gasteiger partial charge in [0.1, 0.15) is 0 Å². The Kier molecular flexibility index (Phi) is 2.74. The fourth-order valence-electron chi connectivity index (χ4n) is 1.93. The lowest BCUT2D eigenvalue weighted by molar-refractivity contribution is 0.0526. The predicted octanol–water partition coefficient (Wildman–Crippen LogP) is 2.20. The van der Waals surface area contributed by atoms with Crippen molar-refractivity contribution in [2.45, 2.75) is 39.2 Å². The second-order valence-corrected chi connectivity index (χ2v) is 4.82. The molecule has 0 N–H and O–H groups in total. The molecule has 1 aromatic heterocycles. The Balaban J connectivity index is 2.15. The number of carbonyl (C=O) groups is 1. The molecule has 2 rings (SSSR count). The molecular weight excluding hydrogens is 204 g/mol. The van der Waals surface area contributed by atoms with Crippen molar-refractivity contribution in [2.75, 3.05) is 6.61 Å². The molecule has 0 bridgehead atoms. The van der Waals surface area contributed by atoms with E-state index in [-0.39, 0.29) is 11.5 Å². The molecule has 0 aliphatic heterocycles. The Hall–Kier alpha value is -1.32. The topological polar surface area (TPSA) is 44.1 Å². The van der Waals surface area contributed by atoms with Crippen LogP contribution in [0, 0.1) is 5.92 Å². The summed E-state index contributed by atoms with van der Waals surface area (Å²) in [4.78, 5) is 11.5. The lowest BCUT2D eigenvalue weighted by Crippen LogP contribution is -2.29. The molecule has 0 radical (unpaired) electrons. The Labute approximate surface area is 95.6 Å². The highest BCUT2D eigenvalue weighted by Crippen LogP contribution is 2.43. The summed E-state index contributed by atoms with van der Waals surface area (Å²) in [6.07, 6.45) is 5.88. The van der Waals surface area contributed by atoms with E-state index in [2.05, 4.69) is 18.9 Å². The lowest BCUT2D eigenvalue weighted by Gasteiger charge is -2.24. The van der Waals surface area contributed by atoms with Crippen LogP contribution in [0.3, 0.4) is 0 Å². The van der Waals surface area contributed by atoms with Crippen LogP contribution in [0.5, 0.6) is 0 Å². The fourth-order valence-corrected chi connectivity index (χ4v) is 1.93. The van der Waals surface area contributed by atoms with Crippen LogP contribution in [0.4, 0.5) is 0 Å². The van der Waals surface area contributed by atoms with Gasteiger partial charge in [0.15, 0.2) is 0 Å². The SMILES string of the molecule is CCOC(=O)c1cnn(C(C)(C)C2CC2)c1. The summed E-state index contributed by atoms with van der Waals surface area (Å²) < 4.78 is 6.82. The molecule has 0 spiro atoms. The molecule has 1 aliphatic carbocycles. The highest BCUT2D eigenvalue weighted by molar-refractivity contribution is 5.88. The van der Waals surface area contributed by atoms with Gasteiger partial charge in [0.05, 0.1) is 23.9 Å². The third-order valence-corrected chi connectivity index (χ3v) is 3.26. The van der Waals surface area contributed by atoms with Crippen LogP contribution in [0.2, 0.25) is 0 Å². The van der Waals surface area contributed by atoms with E-state index in [1.165, 1.54) is 12.8 Å². The van der Waals surface area contributed by atoms with Crippen LogP contribution < -0.4 is 0 Å². The molecule has 1 saturated carbocycles. The summed E-state index contributed by atoms with van der Waals surface area (Å²) in [7, 11) is 0. The van der Waals surface area contributed by atoms with Crippen molar-refractivity contribution in [3.63, 3.8) is 0 Å². The summed E-state index contributed by atoms with van der Waals surface area (Å²) in [6, 6.07) is 0. The smallest absolute Gasteiger partial charge is 0.341 e. The molecule has 16 heavy (non-hydrogen) atoms. The second kappa shape index (κ2) is 3.92. The summed E-state index contributed by atoms with van der Waals surface area (Å²) in [5.41, 5.74) is 0.542. The van der Waals surface area contributed by atoms with Gasteiger partial charge in [-0.25, -0.2) is 4.79 Å². The van der Waals surface area contributed by atoms with Crippen molar-refractivity contribution < 1.29 is 9.53 Å². The van der Waals surface area contributed by atoms with Crippen molar-refractivity contribution in [3.8, 4) is 0 Å². The highest BCUT2D eigenvalue weighted by atomic mass is 16.5. The summed E-state index contributed by atoms with van der Waals surface area (Å²) in [6.45, 7) is 6.52. The number of hydrogen-bond donors (Lipinski definition) is 0. The molecule has 1 fully saturated rings. The number of hydrogen-bond acceptors (Lipinski definition) is 3. The van der Waals surface area contributed by atoms with E-state index in [1.54, 1.807) is 19.3 Å². The maximum Gasteiger partial charge on any atom is 0.341 e. The van der Waals surface area contributed by atoms with Crippen molar-refractivity contribution in [1.82, 2.24) is 9.78 Å². The third kappa shape index (κ3) is 1.96. The molecule has 0 aromatic carbocycles. The molecular formula is C12H18N2O2. The van der Waals surface area contributed by atoms with Crippen LogP contribution in [-0.2, 0) is 10.3 Å². The van der Waals surface area contributed by atoms with Crippen LogP contribution in [0.1, 0.15) is 44.0 Å². The highest BCUT2D eigenvalue weighted by Gasteiger charge is 2.39. The molecule has 4 heteroatoms. The van der Waals surface area contributed by atoms with Crippen LogP contribution in [0.25, 0.3) is 0 Å². The zero-order valence-electron chi connectivity index (χ0n) is 10.1. The monoisotopic (exact) mass is 222 g/mol. The number of aromatic nitrogens is 2.